The van der Waals surface area contributed by atoms with Gasteiger partial charge in [-0.25, -0.2) is 0 Å². The van der Waals surface area contributed by atoms with Crippen molar-refractivity contribution in [2.24, 2.45) is 0 Å². The molecular formula is C45H31NO. The summed E-state index contributed by atoms with van der Waals surface area (Å²) >= 11 is 0. The van der Waals surface area contributed by atoms with Gasteiger partial charge in [-0.1, -0.05) is 129 Å². The third-order valence-electron chi connectivity index (χ3n) is 10.4. The van der Waals surface area contributed by atoms with E-state index in [1.807, 2.05) is 6.07 Å². The summed E-state index contributed by atoms with van der Waals surface area (Å²) in [5.74, 6) is 0. The number of benzene rings is 8. The number of para-hydroxylation sites is 1. The number of hydrogen-bond donors (Lipinski definition) is 0. The fraction of sp³-hybridized carbons (Fsp3) is 0.0667. The lowest BCUT2D eigenvalue weighted by Gasteiger charge is -2.30. The molecule has 0 atom stereocenters. The summed E-state index contributed by atoms with van der Waals surface area (Å²) in [5, 5.41) is 9.74. The average molecular weight is 602 g/mol. The Labute approximate surface area is 273 Å². The zero-order valence-electron chi connectivity index (χ0n) is 26.3. The first-order valence-corrected chi connectivity index (χ1v) is 16.4. The van der Waals surface area contributed by atoms with Crippen molar-refractivity contribution in [1.82, 2.24) is 0 Å². The first-order valence-electron chi connectivity index (χ1n) is 16.4. The summed E-state index contributed by atoms with van der Waals surface area (Å²) in [6.07, 6.45) is 0. The second-order valence-electron chi connectivity index (χ2n) is 13.3. The number of nitrogens with zero attached hydrogens (tertiary/aromatic N) is 1. The Kier molecular flexibility index (Phi) is 5.37. The Morgan fingerprint density at radius 3 is 2.00 bits per heavy atom. The highest BCUT2D eigenvalue weighted by Crippen LogP contribution is 2.55. The van der Waals surface area contributed by atoms with Gasteiger partial charge in [0.05, 0.1) is 11.4 Å². The predicted molar refractivity (Wildman–Crippen MR) is 198 cm³/mol. The summed E-state index contributed by atoms with van der Waals surface area (Å²) in [6, 6.07) is 55.3. The molecule has 1 aromatic heterocycles. The quantitative estimate of drug-likeness (QED) is 0.187. The van der Waals surface area contributed by atoms with Crippen LogP contribution in [-0.2, 0) is 5.41 Å². The molecule has 0 radical (unpaired) electrons. The van der Waals surface area contributed by atoms with E-state index in [9.17, 15) is 0 Å². The lowest BCUT2D eigenvalue weighted by atomic mass is 9.82. The van der Waals surface area contributed by atoms with Crippen LogP contribution in [0.3, 0.4) is 0 Å². The first kappa shape index (κ1) is 26.4. The smallest absolute Gasteiger partial charge is 0.137 e. The van der Waals surface area contributed by atoms with Gasteiger partial charge in [0.25, 0.3) is 0 Å². The summed E-state index contributed by atoms with van der Waals surface area (Å²) < 4.78 is 6.49. The van der Waals surface area contributed by atoms with Crippen molar-refractivity contribution in [3.05, 3.63) is 163 Å². The molecule has 2 nitrogen and oxygen atoms in total. The summed E-state index contributed by atoms with van der Waals surface area (Å²) in [5.41, 5.74) is 10.4. The van der Waals surface area contributed by atoms with Gasteiger partial charge in [-0.05, 0) is 74.0 Å². The average Bonchev–Trinajstić information content (AvgIpc) is 3.60. The molecule has 9 aromatic rings. The third kappa shape index (κ3) is 3.67. The Bertz CT molecular complexity index is 2730. The highest BCUT2D eigenvalue weighted by atomic mass is 16.3. The van der Waals surface area contributed by atoms with Crippen molar-refractivity contribution in [3.63, 3.8) is 0 Å². The second-order valence-corrected chi connectivity index (χ2v) is 13.3. The molecule has 47 heavy (non-hydrogen) atoms. The zero-order chi connectivity index (χ0) is 31.3. The molecular weight excluding hydrogens is 571 g/mol. The maximum Gasteiger partial charge on any atom is 0.137 e. The van der Waals surface area contributed by atoms with Gasteiger partial charge in [-0.15, -0.1) is 0 Å². The Morgan fingerprint density at radius 1 is 0.447 bits per heavy atom. The number of fused-ring (bicyclic) bond motifs is 11. The van der Waals surface area contributed by atoms with E-state index >= 15 is 0 Å². The molecule has 0 aliphatic heterocycles. The molecule has 1 aliphatic rings. The van der Waals surface area contributed by atoms with Gasteiger partial charge < -0.3 is 9.32 Å². The minimum Gasteiger partial charge on any atom is -0.456 e. The van der Waals surface area contributed by atoms with Gasteiger partial charge in [0.15, 0.2) is 0 Å². The normalized spacial score (nSPS) is 13.5. The van der Waals surface area contributed by atoms with Crippen LogP contribution in [0.15, 0.2) is 156 Å². The number of rotatable bonds is 3. The van der Waals surface area contributed by atoms with Gasteiger partial charge in [-0.3, -0.25) is 0 Å². The van der Waals surface area contributed by atoms with Crippen LogP contribution < -0.4 is 4.90 Å². The highest BCUT2D eigenvalue weighted by Gasteiger charge is 2.38. The molecule has 0 saturated carbocycles. The van der Waals surface area contributed by atoms with Gasteiger partial charge in [0.1, 0.15) is 11.2 Å². The van der Waals surface area contributed by atoms with Crippen molar-refractivity contribution in [2.45, 2.75) is 19.3 Å². The topological polar surface area (TPSA) is 16.4 Å². The monoisotopic (exact) mass is 601 g/mol. The molecule has 0 unspecified atom stereocenters. The maximum absolute atomic E-state index is 6.49. The van der Waals surface area contributed by atoms with Crippen LogP contribution in [-0.4, -0.2) is 0 Å². The standard InChI is InChI=1S/C45H31NO/c1-45(2)38-18-9-7-17-36(38)44-39(45)19-11-20-40(44)46(29-23-25-35-34-16-8-10-21-42(34)47-43(35)26-29)41-27-37-30-13-4-3-12-28(30)22-24-32(37)31-14-5-6-15-33(31)41/h3-27H,1-2H3. The molecule has 8 aromatic carbocycles. The molecule has 0 saturated heterocycles. The summed E-state index contributed by atoms with van der Waals surface area (Å²) in [6.45, 7) is 4.70. The fourth-order valence-electron chi connectivity index (χ4n) is 8.21. The van der Waals surface area contributed by atoms with E-state index in [1.165, 1.54) is 60.3 Å². The van der Waals surface area contributed by atoms with Gasteiger partial charge >= 0.3 is 0 Å². The molecule has 1 heterocycles. The van der Waals surface area contributed by atoms with E-state index in [2.05, 4.69) is 164 Å². The van der Waals surface area contributed by atoms with Gasteiger partial charge in [0, 0.05) is 38.9 Å². The predicted octanol–water partition coefficient (Wildman–Crippen LogP) is 12.8. The molecule has 222 valence electrons. The van der Waals surface area contributed by atoms with E-state index in [0.29, 0.717) is 0 Å². The van der Waals surface area contributed by atoms with Crippen LogP contribution in [0.25, 0.3) is 65.4 Å². The minimum atomic E-state index is -0.113. The Morgan fingerprint density at radius 2 is 1.11 bits per heavy atom. The maximum atomic E-state index is 6.49. The molecule has 0 amide bonds. The number of furan rings is 1. The van der Waals surface area contributed by atoms with Crippen LogP contribution in [0.4, 0.5) is 17.1 Å². The van der Waals surface area contributed by atoms with Crippen LogP contribution in [0.2, 0.25) is 0 Å². The van der Waals surface area contributed by atoms with Crippen molar-refractivity contribution in [1.29, 1.82) is 0 Å². The third-order valence-corrected chi connectivity index (χ3v) is 10.4. The molecule has 10 rings (SSSR count). The van der Waals surface area contributed by atoms with Crippen molar-refractivity contribution < 1.29 is 4.42 Å². The lowest BCUT2D eigenvalue weighted by molar-refractivity contribution is 0.660. The number of anilines is 3. The highest BCUT2D eigenvalue weighted by molar-refractivity contribution is 6.22. The molecule has 0 bridgehead atoms. The van der Waals surface area contributed by atoms with Gasteiger partial charge in [0.2, 0.25) is 0 Å². The second kappa shape index (κ2) is 9.57. The molecule has 1 aliphatic carbocycles. The van der Waals surface area contributed by atoms with Crippen LogP contribution in [0.5, 0.6) is 0 Å². The lowest BCUT2D eigenvalue weighted by Crippen LogP contribution is -2.16. The van der Waals surface area contributed by atoms with E-state index in [4.69, 9.17) is 4.42 Å². The first-order chi connectivity index (χ1) is 23.1. The minimum absolute atomic E-state index is 0.113. The summed E-state index contributed by atoms with van der Waals surface area (Å²) in [4.78, 5) is 2.48. The van der Waals surface area contributed by atoms with E-state index in [1.54, 1.807) is 0 Å². The SMILES string of the molecule is CC1(C)c2ccccc2-c2c(N(c3ccc4c(c3)oc3ccccc34)c3cc4c5ccccc5ccc4c4ccccc34)cccc21. The van der Waals surface area contributed by atoms with E-state index in [0.717, 1.165) is 33.3 Å². The van der Waals surface area contributed by atoms with Crippen molar-refractivity contribution in [2.75, 3.05) is 4.90 Å². The van der Waals surface area contributed by atoms with Crippen molar-refractivity contribution >= 4 is 71.3 Å². The fourth-order valence-corrected chi connectivity index (χ4v) is 8.21. The molecule has 0 fully saturated rings. The van der Waals surface area contributed by atoms with Gasteiger partial charge in [-0.2, -0.15) is 0 Å². The molecule has 0 N–H and O–H groups in total. The van der Waals surface area contributed by atoms with E-state index < -0.39 is 0 Å². The largest absolute Gasteiger partial charge is 0.456 e. The zero-order valence-corrected chi connectivity index (χ0v) is 26.3. The van der Waals surface area contributed by atoms with E-state index in [-0.39, 0.29) is 5.41 Å². The van der Waals surface area contributed by atoms with Crippen LogP contribution in [0.1, 0.15) is 25.0 Å². The summed E-state index contributed by atoms with van der Waals surface area (Å²) in [7, 11) is 0. The van der Waals surface area contributed by atoms with Crippen LogP contribution >= 0.6 is 0 Å². The molecule has 0 spiro atoms. The molecule has 2 heteroatoms. The van der Waals surface area contributed by atoms with Crippen molar-refractivity contribution in [3.8, 4) is 11.1 Å². The Balaban J connectivity index is 1.35. The number of hydrogen-bond acceptors (Lipinski definition) is 2. The van der Waals surface area contributed by atoms with Crippen LogP contribution in [0, 0.1) is 0 Å². The Hall–Kier alpha value is -5.86.